The van der Waals surface area contributed by atoms with Crippen molar-refractivity contribution in [3.8, 4) is 5.75 Å². The maximum Gasteiger partial charge on any atom is 0.242 e. The molecule has 0 unspecified atom stereocenters. The smallest absolute Gasteiger partial charge is 0.242 e. The normalized spacial score (nSPS) is 21.3. The van der Waals surface area contributed by atoms with E-state index in [9.17, 15) is 27.5 Å². The minimum Gasteiger partial charge on any atom is -0.488 e. The largest absolute Gasteiger partial charge is 0.488 e. The van der Waals surface area contributed by atoms with Gasteiger partial charge < -0.3 is 20.1 Å². The third-order valence-electron chi connectivity index (χ3n) is 8.12. The zero-order valence-corrected chi connectivity index (χ0v) is 24.7. The van der Waals surface area contributed by atoms with Crippen LogP contribution in [0.4, 0.5) is 10.1 Å². The Morgan fingerprint density at radius 1 is 1.17 bits per heavy atom. The molecule has 0 radical (unpaired) electrons. The number of nitrogens with zero attached hydrogens (tertiary/aromatic N) is 2. The quantitative estimate of drug-likeness (QED) is 0.484. The van der Waals surface area contributed by atoms with Crippen molar-refractivity contribution in [2.24, 2.45) is 11.8 Å². The van der Waals surface area contributed by atoms with Crippen LogP contribution in [-0.4, -0.2) is 73.4 Å². The first-order chi connectivity index (χ1) is 19.5. The summed E-state index contributed by atoms with van der Waals surface area (Å²) in [6, 6.07) is 9.35. The molecule has 4 rings (SSSR count). The Morgan fingerprint density at radius 3 is 2.51 bits per heavy atom. The lowest BCUT2D eigenvalue weighted by Crippen LogP contribution is -2.48. The summed E-state index contributed by atoms with van der Waals surface area (Å²) in [4.78, 5) is 27.9. The van der Waals surface area contributed by atoms with Crippen molar-refractivity contribution < 1.29 is 32.2 Å². The molecule has 11 heteroatoms. The topological polar surface area (TPSA) is 116 Å². The number of benzene rings is 2. The summed E-state index contributed by atoms with van der Waals surface area (Å²) in [7, 11) is -2.51. The zero-order chi connectivity index (χ0) is 29.7. The minimum absolute atomic E-state index is 0.00400. The van der Waals surface area contributed by atoms with Gasteiger partial charge in [0.05, 0.1) is 30.5 Å². The highest BCUT2D eigenvalue weighted by atomic mass is 32.2. The van der Waals surface area contributed by atoms with E-state index in [4.69, 9.17) is 4.74 Å². The summed E-state index contributed by atoms with van der Waals surface area (Å²) < 4.78 is 47.5. The number of anilines is 1. The van der Waals surface area contributed by atoms with Crippen LogP contribution in [0.2, 0.25) is 0 Å². The Labute approximate surface area is 241 Å². The lowest BCUT2D eigenvalue weighted by atomic mass is 9.88. The van der Waals surface area contributed by atoms with Crippen LogP contribution in [0, 0.1) is 17.7 Å². The molecule has 9 nitrogen and oxygen atoms in total. The number of aliphatic hydroxyl groups is 1. The molecule has 0 saturated heterocycles. The number of fused-ring (bicyclic) bond motifs is 1. The molecular formula is C30H40FN3O6S. The fourth-order valence-electron chi connectivity index (χ4n) is 5.47. The lowest BCUT2D eigenvalue weighted by Gasteiger charge is -2.33. The summed E-state index contributed by atoms with van der Waals surface area (Å²) in [5, 5.41) is 12.9. The lowest BCUT2D eigenvalue weighted by molar-refractivity contribution is -0.134. The van der Waals surface area contributed by atoms with Crippen LogP contribution >= 0.6 is 0 Å². The van der Waals surface area contributed by atoms with Crippen LogP contribution in [-0.2, 0) is 26.0 Å². The molecule has 1 aliphatic carbocycles. The van der Waals surface area contributed by atoms with Gasteiger partial charge in [0.25, 0.3) is 0 Å². The Kier molecular flexibility index (Phi) is 10.0. The average Bonchev–Trinajstić information content (AvgIpc) is 3.00. The first-order valence-corrected chi connectivity index (χ1v) is 15.7. The van der Waals surface area contributed by atoms with Crippen molar-refractivity contribution in [1.29, 1.82) is 0 Å². The SMILES string of the molecule is C[C@H]1CN([C@@H](C)CO)C(=O)Cc2cc(NC(=O)C3CCCCC3)ccc2O[C@@H]1CN(C)S(=O)(=O)c1ccc(F)cc1. The van der Waals surface area contributed by atoms with Crippen LogP contribution in [0.25, 0.3) is 0 Å². The first-order valence-electron chi connectivity index (χ1n) is 14.2. The number of sulfonamides is 1. The Balaban J connectivity index is 1.62. The number of carbonyl (C=O) groups excluding carboxylic acids is 2. The van der Waals surface area contributed by atoms with Crippen molar-refractivity contribution in [2.75, 3.05) is 32.1 Å². The second-order valence-electron chi connectivity index (χ2n) is 11.3. The van der Waals surface area contributed by atoms with E-state index in [0.717, 1.165) is 44.2 Å². The number of rotatable bonds is 8. The van der Waals surface area contributed by atoms with Gasteiger partial charge in [-0.05, 0) is 62.2 Å². The second-order valence-corrected chi connectivity index (χ2v) is 13.3. The molecular weight excluding hydrogens is 549 g/mol. The summed E-state index contributed by atoms with van der Waals surface area (Å²) in [6.07, 6.45) is 4.28. The van der Waals surface area contributed by atoms with Crippen LogP contribution < -0.4 is 10.1 Å². The molecule has 0 bridgehead atoms. The van der Waals surface area contributed by atoms with Crippen molar-refractivity contribution in [2.45, 2.75) is 69.4 Å². The van der Waals surface area contributed by atoms with Gasteiger partial charge >= 0.3 is 0 Å². The molecule has 0 spiro atoms. The number of ether oxygens (including phenoxy) is 1. The van der Waals surface area contributed by atoms with Gasteiger partial charge in [-0.25, -0.2) is 12.8 Å². The van der Waals surface area contributed by atoms with Crippen LogP contribution in [0.5, 0.6) is 5.75 Å². The predicted octanol–water partition coefficient (Wildman–Crippen LogP) is 3.81. The molecule has 1 heterocycles. The van der Waals surface area contributed by atoms with E-state index in [1.54, 1.807) is 30.0 Å². The summed E-state index contributed by atoms with van der Waals surface area (Å²) >= 11 is 0. The monoisotopic (exact) mass is 589 g/mol. The molecule has 1 saturated carbocycles. The number of aliphatic hydroxyl groups excluding tert-OH is 1. The minimum atomic E-state index is -3.94. The summed E-state index contributed by atoms with van der Waals surface area (Å²) in [5.74, 6) is -0.681. The van der Waals surface area contributed by atoms with Gasteiger partial charge in [-0.2, -0.15) is 4.31 Å². The molecule has 1 fully saturated rings. The Hall–Kier alpha value is -3.02. The Bertz CT molecular complexity index is 1330. The molecule has 41 heavy (non-hydrogen) atoms. The molecule has 2 N–H and O–H groups in total. The van der Waals surface area contributed by atoms with Crippen LogP contribution in [0.3, 0.4) is 0 Å². The van der Waals surface area contributed by atoms with Crippen LogP contribution in [0.1, 0.15) is 51.5 Å². The number of carbonyl (C=O) groups is 2. The number of halogens is 1. The molecule has 2 aromatic rings. The highest BCUT2D eigenvalue weighted by molar-refractivity contribution is 7.89. The molecule has 2 aliphatic rings. The van der Waals surface area contributed by atoms with E-state index >= 15 is 0 Å². The number of hydrogen-bond donors (Lipinski definition) is 2. The van der Waals surface area contributed by atoms with Gasteiger partial charge in [0, 0.05) is 36.7 Å². The fourth-order valence-corrected chi connectivity index (χ4v) is 6.66. The molecule has 2 aromatic carbocycles. The van der Waals surface area contributed by atoms with Gasteiger partial charge in [0.15, 0.2) is 0 Å². The number of nitrogens with one attached hydrogen (secondary N) is 1. The van der Waals surface area contributed by atoms with E-state index < -0.39 is 28.0 Å². The first kappa shape index (κ1) is 30.9. The van der Waals surface area contributed by atoms with E-state index in [0.29, 0.717) is 17.0 Å². The molecule has 3 atom stereocenters. The Morgan fingerprint density at radius 2 is 1.85 bits per heavy atom. The molecule has 2 amide bonds. The fraction of sp³-hybridized carbons (Fsp3) is 0.533. The van der Waals surface area contributed by atoms with E-state index in [-0.39, 0.29) is 54.7 Å². The molecule has 224 valence electrons. The molecule has 1 aliphatic heterocycles. The van der Waals surface area contributed by atoms with E-state index in [2.05, 4.69) is 5.32 Å². The second kappa shape index (κ2) is 13.3. The van der Waals surface area contributed by atoms with Crippen molar-refractivity contribution in [3.05, 3.63) is 53.8 Å². The zero-order valence-electron chi connectivity index (χ0n) is 23.9. The van der Waals surface area contributed by atoms with Crippen molar-refractivity contribution in [1.82, 2.24) is 9.21 Å². The van der Waals surface area contributed by atoms with Gasteiger partial charge in [-0.1, -0.05) is 26.2 Å². The third kappa shape index (κ3) is 7.44. The number of amides is 2. The van der Waals surface area contributed by atoms with E-state index in [1.165, 1.54) is 23.5 Å². The van der Waals surface area contributed by atoms with Crippen molar-refractivity contribution in [3.63, 3.8) is 0 Å². The van der Waals surface area contributed by atoms with Gasteiger partial charge in [-0.3, -0.25) is 9.59 Å². The number of likely N-dealkylation sites (N-methyl/N-ethyl adjacent to an activating group) is 1. The standard InChI is InChI=1S/C30H40FN3O6S/c1-20-17-34(21(2)19-35)29(36)16-23-15-25(32-30(37)22-7-5-4-6-8-22)11-14-27(23)40-28(20)18-33(3)41(38,39)26-12-9-24(31)10-13-26/h9-15,20-22,28,35H,4-8,16-19H2,1-3H3,(H,32,37)/t20-,21-,28+/m0/s1. The van der Waals surface area contributed by atoms with E-state index in [1.807, 2.05) is 6.92 Å². The van der Waals surface area contributed by atoms with Gasteiger partial charge in [0.2, 0.25) is 21.8 Å². The summed E-state index contributed by atoms with van der Waals surface area (Å²) in [6.45, 7) is 3.61. The maximum atomic E-state index is 13.4. The molecule has 0 aromatic heterocycles. The predicted molar refractivity (Wildman–Crippen MR) is 153 cm³/mol. The number of hydrogen-bond acceptors (Lipinski definition) is 6. The average molecular weight is 590 g/mol. The highest BCUT2D eigenvalue weighted by Gasteiger charge is 2.33. The van der Waals surface area contributed by atoms with Crippen molar-refractivity contribution >= 4 is 27.5 Å². The van der Waals surface area contributed by atoms with Gasteiger partial charge in [0.1, 0.15) is 17.7 Å². The maximum absolute atomic E-state index is 13.4. The third-order valence-corrected chi connectivity index (χ3v) is 9.96. The summed E-state index contributed by atoms with van der Waals surface area (Å²) in [5.41, 5.74) is 1.13. The van der Waals surface area contributed by atoms with Crippen LogP contribution in [0.15, 0.2) is 47.4 Å². The van der Waals surface area contributed by atoms with Gasteiger partial charge in [-0.15, -0.1) is 0 Å². The highest BCUT2D eigenvalue weighted by Crippen LogP contribution is 2.31.